The van der Waals surface area contributed by atoms with Crippen LogP contribution in [0.4, 0.5) is 4.79 Å². The molecule has 2 saturated heterocycles. The Kier molecular flexibility index (Phi) is 12.5. The Balaban J connectivity index is 0.930. The van der Waals surface area contributed by atoms with Gasteiger partial charge in [-0.3, -0.25) is 9.59 Å². The number of aliphatic imine (C=N–C) groups is 1. The van der Waals surface area contributed by atoms with Crippen LogP contribution in [0.2, 0.25) is 5.02 Å². The largest absolute Gasteiger partial charge is 0.453 e. The van der Waals surface area contributed by atoms with Crippen LogP contribution < -0.4 is 5.32 Å². The first-order valence-electron chi connectivity index (χ1n) is 20.1. The molecule has 2 aliphatic rings. The molecule has 312 valence electrons. The number of imidazole rings is 2. The van der Waals surface area contributed by atoms with Crippen molar-refractivity contribution in [3.63, 3.8) is 0 Å². The number of nitrogens with zero attached hydrogens (tertiary/aromatic N) is 5. The first-order chi connectivity index (χ1) is 29.8. The molecule has 3 N–H and O–H groups in total. The van der Waals surface area contributed by atoms with Gasteiger partial charge >= 0.3 is 6.09 Å². The van der Waals surface area contributed by atoms with E-state index in [-0.39, 0.29) is 23.9 Å². The number of likely N-dealkylation sites (tertiary alicyclic amines) is 2. The summed E-state index contributed by atoms with van der Waals surface area (Å²) in [4.78, 5) is 73.9. The molecule has 0 saturated carbocycles. The predicted octanol–water partition coefficient (Wildman–Crippen LogP) is 8.56. The molecule has 4 heterocycles. The van der Waals surface area contributed by atoms with E-state index in [2.05, 4.69) is 61.6 Å². The number of carbonyl (C=O) groups excluding carboxylic acids is 3. The third kappa shape index (κ3) is 8.91. The highest BCUT2D eigenvalue weighted by Gasteiger charge is 2.38. The maximum absolute atomic E-state index is 14.0. The Morgan fingerprint density at radius 2 is 1.26 bits per heavy atom. The molecule has 4 atom stereocenters. The topological polar surface area (TPSA) is 167 Å². The number of amides is 3. The second-order valence-electron chi connectivity index (χ2n) is 14.8. The Morgan fingerprint density at radius 1 is 0.738 bits per heavy atom. The fourth-order valence-corrected chi connectivity index (χ4v) is 8.39. The number of aromatic nitrogens is 4. The van der Waals surface area contributed by atoms with Crippen molar-refractivity contribution in [1.29, 1.82) is 0 Å². The summed E-state index contributed by atoms with van der Waals surface area (Å²) in [6.45, 7) is 1.11. The van der Waals surface area contributed by atoms with Crippen LogP contribution in [0.5, 0.6) is 0 Å². The molecule has 61 heavy (non-hydrogen) atoms. The van der Waals surface area contributed by atoms with Gasteiger partial charge in [0.15, 0.2) is 6.04 Å². The Hall–Kier alpha value is -6.77. The number of hydrogen-bond acceptors (Lipinski definition) is 9. The zero-order chi connectivity index (χ0) is 42.3. The zero-order valence-corrected chi connectivity index (χ0v) is 34.4. The molecule has 14 nitrogen and oxygen atoms in total. The van der Waals surface area contributed by atoms with Crippen molar-refractivity contribution in [2.24, 2.45) is 4.99 Å². The Labute approximate surface area is 357 Å². The van der Waals surface area contributed by atoms with E-state index in [0.717, 1.165) is 65.7 Å². The number of carbonyl (C=O) groups is 3. The van der Waals surface area contributed by atoms with Crippen LogP contribution in [0.15, 0.2) is 121 Å². The van der Waals surface area contributed by atoms with Crippen LogP contribution in [-0.2, 0) is 24.1 Å². The van der Waals surface area contributed by atoms with Crippen LogP contribution in [0.1, 0.15) is 72.6 Å². The summed E-state index contributed by atoms with van der Waals surface area (Å²) in [7, 11) is 2.64. The molecule has 15 heteroatoms. The van der Waals surface area contributed by atoms with E-state index in [1.54, 1.807) is 34.3 Å². The van der Waals surface area contributed by atoms with Gasteiger partial charge < -0.3 is 34.7 Å². The predicted molar refractivity (Wildman–Crippen MR) is 230 cm³/mol. The second kappa shape index (κ2) is 18.7. The van der Waals surface area contributed by atoms with Crippen LogP contribution in [0.3, 0.4) is 0 Å². The van der Waals surface area contributed by atoms with Crippen molar-refractivity contribution < 1.29 is 28.9 Å². The van der Waals surface area contributed by atoms with Gasteiger partial charge in [0.2, 0.25) is 6.40 Å². The minimum absolute atomic E-state index is 0.205. The highest BCUT2D eigenvalue weighted by Crippen LogP contribution is 2.37. The minimum Gasteiger partial charge on any atom is -0.453 e. The highest BCUT2D eigenvalue weighted by molar-refractivity contribution is 6.31. The highest BCUT2D eigenvalue weighted by atomic mass is 35.5. The van der Waals surface area contributed by atoms with Gasteiger partial charge in [-0.25, -0.2) is 19.8 Å². The summed E-state index contributed by atoms with van der Waals surface area (Å²) in [5.41, 5.74) is 6.96. The maximum Gasteiger partial charge on any atom is 0.407 e. The number of halogens is 1. The first-order valence-corrected chi connectivity index (χ1v) is 20.5. The summed E-state index contributed by atoms with van der Waals surface area (Å²) < 4.78 is 4.83. The molecule has 6 aromatic rings. The molecule has 4 aromatic carbocycles. The molecule has 0 bridgehead atoms. The van der Waals surface area contributed by atoms with Crippen LogP contribution in [0, 0.1) is 0 Å². The Bertz CT molecular complexity index is 2490. The average Bonchev–Trinajstić information content (AvgIpc) is 4.15. The number of aromatic amines is 2. The fourth-order valence-electron chi connectivity index (χ4n) is 8.15. The summed E-state index contributed by atoms with van der Waals surface area (Å²) in [5, 5.41) is 3.15. The monoisotopic (exact) mass is 840 g/mol. The number of rotatable bonds is 13. The second-order valence-corrected chi connectivity index (χ2v) is 15.2. The van der Waals surface area contributed by atoms with Gasteiger partial charge in [-0.05, 0) is 59.6 Å². The Morgan fingerprint density at radius 3 is 1.80 bits per heavy atom. The SMILES string of the molecule is COO/C=N/[C@@H](C(=O)N1CCC[C@H]1c1ncc(-c2ccc(-c3ccc(-c4cnc([C@@H]5CCCN5C(=O)[C@H](NC(=O)OC)c5ccccc5)[nH]4)cc3)cc2)[nH]1)c1ccccc1Cl. The number of nitrogens with one attached hydrogen (secondary N) is 3. The summed E-state index contributed by atoms with van der Waals surface area (Å²) in [5.74, 6) is 0.983. The van der Waals surface area contributed by atoms with E-state index < -0.39 is 18.2 Å². The van der Waals surface area contributed by atoms with Crippen molar-refractivity contribution in [2.75, 3.05) is 27.3 Å². The van der Waals surface area contributed by atoms with Crippen molar-refractivity contribution >= 4 is 35.9 Å². The average molecular weight is 841 g/mol. The van der Waals surface area contributed by atoms with E-state index in [1.807, 2.05) is 54.6 Å². The molecular weight excluding hydrogens is 796 g/mol. The summed E-state index contributed by atoms with van der Waals surface area (Å²) in [6.07, 6.45) is 7.18. The van der Waals surface area contributed by atoms with E-state index in [1.165, 1.54) is 14.2 Å². The lowest BCUT2D eigenvalue weighted by Crippen LogP contribution is -2.42. The fraction of sp³-hybridized carbons (Fsp3) is 0.261. The number of alkyl carbamates (subject to hydrolysis) is 1. The van der Waals surface area contributed by atoms with Gasteiger partial charge in [0, 0.05) is 23.7 Å². The van der Waals surface area contributed by atoms with Gasteiger partial charge in [0.1, 0.15) is 17.7 Å². The van der Waals surface area contributed by atoms with Crippen molar-refractivity contribution in [2.45, 2.75) is 49.9 Å². The standard InChI is InChI=1S/C46H45ClN8O6/c1-59-46(58)53-40(33-10-4-3-5-11-33)44(56)54-24-8-14-38(54)42-48-26-36(51-42)31-20-16-29(17-21-31)30-18-22-32(23-19-30)37-27-49-43(52-37)39-15-9-25-55(39)45(57)41(50-28-61-60-2)34-12-6-7-13-35(34)47/h3-7,10-13,16-23,26-28,38-41H,8-9,14-15,24-25H2,1-2H3,(H,48,51)(H,49,52)(H,53,58)/b50-28+/t38-,39-,40+,41+/m0/s1. The van der Waals surface area contributed by atoms with Gasteiger partial charge in [-0.15, -0.1) is 0 Å². The number of H-pyrrole nitrogens is 2. The normalized spacial score (nSPS) is 17.4. The molecule has 2 aromatic heterocycles. The van der Waals surface area contributed by atoms with Crippen LogP contribution in [0.25, 0.3) is 33.6 Å². The smallest absolute Gasteiger partial charge is 0.407 e. The molecule has 0 spiro atoms. The molecular formula is C46H45ClN8O6. The third-order valence-electron chi connectivity index (χ3n) is 11.2. The third-order valence-corrected chi connectivity index (χ3v) is 11.6. The van der Waals surface area contributed by atoms with Gasteiger partial charge in [0.05, 0.1) is 50.1 Å². The van der Waals surface area contributed by atoms with Crippen LogP contribution in [-0.4, -0.2) is 81.4 Å². The maximum atomic E-state index is 14.0. The van der Waals surface area contributed by atoms with Gasteiger partial charge in [-0.2, -0.15) is 4.89 Å². The van der Waals surface area contributed by atoms with Crippen molar-refractivity contribution in [1.82, 2.24) is 35.1 Å². The number of hydrogen-bond donors (Lipinski definition) is 3. The number of ether oxygens (including phenoxy) is 1. The first kappa shape index (κ1) is 41.0. The molecule has 0 aliphatic carbocycles. The quantitative estimate of drug-likeness (QED) is 0.0450. The molecule has 2 fully saturated rings. The molecule has 2 aliphatic heterocycles. The van der Waals surface area contributed by atoms with E-state index in [9.17, 15) is 14.4 Å². The van der Waals surface area contributed by atoms with Crippen molar-refractivity contribution in [3.05, 3.63) is 143 Å². The molecule has 8 rings (SSSR count). The molecule has 0 unspecified atom stereocenters. The van der Waals surface area contributed by atoms with E-state index >= 15 is 0 Å². The van der Waals surface area contributed by atoms with E-state index in [0.29, 0.717) is 40.9 Å². The van der Waals surface area contributed by atoms with Crippen molar-refractivity contribution in [3.8, 4) is 33.6 Å². The zero-order valence-electron chi connectivity index (χ0n) is 33.7. The summed E-state index contributed by atoms with van der Waals surface area (Å²) >= 11 is 6.50. The molecule has 0 radical (unpaired) electrons. The summed E-state index contributed by atoms with van der Waals surface area (Å²) in [6, 6.07) is 30.5. The van der Waals surface area contributed by atoms with Gasteiger partial charge in [0.25, 0.3) is 11.8 Å². The van der Waals surface area contributed by atoms with Crippen LogP contribution >= 0.6 is 11.6 Å². The van der Waals surface area contributed by atoms with Gasteiger partial charge in [-0.1, -0.05) is 109 Å². The number of methoxy groups -OCH3 is 1. The number of benzene rings is 4. The minimum atomic E-state index is -0.907. The van der Waals surface area contributed by atoms with E-state index in [4.69, 9.17) is 31.2 Å². The molecule has 3 amide bonds. The lowest BCUT2D eigenvalue weighted by molar-refractivity contribution is -0.188. The lowest BCUT2D eigenvalue weighted by atomic mass is 10.0. The lowest BCUT2D eigenvalue weighted by Gasteiger charge is -2.28.